The summed E-state index contributed by atoms with van der Waals surface area (Å²) in [6.07, 6.45) is 3.12. The Balaban J connectivity index is 1.85. The summed E-state index contributed by atoms with van der Waals surface area (Å²) in [6, 6.07) is 1.28. The molecule has 0 aliphatic heterocycles. The van der Waals surface area contributed by atoms with Gasteiger partial charge >= 0.3 is 5.82 Å². The highest BCUT2D eigenvalue weighted by atomic mass is 16.6. The van der Waals surface area contributed by atoms with Crippen LogP contribution in [0.25, 0.3) is 0 Å². The average molecular weight is 319 g/mol. The highest BCUT2D eigenvalue weighted by molar-refractivity contribution is 5.84. The molecule has 0 bridgehead atoms. The lowest BCUT2D eigenvalue weighted by Gasteiger charge is -1.98. The van der Waals surface area contributed by atoms with Gasteiger partial charge in [0.05, 0.1) is 35.8 Å². The van der Waals surface area contributed by atoms with Crippen LogP contribution in [0.15, 0.2) is 17.4 Å². The second-order valence-corrected chi connectivity index (χ2v) is 4.95. The first kappa shape index (κ1) is 16.3. The Morgan fingerprint density at radius 1 is 1.48 bits per heavy atom. The molecule has 1 N–H and O–H groups in total. The van der Waals surface area contributed by atoms with Gasteiger partial charge in [0.25, 0.3) is 0 Å². The van der Waals surface area contributed by atoms with Crippen molar-refractivity contribution in [2.24, 2.45) is 12.1 Å². The minimum absolute atomic E-state index is 0.112. The van der Waals surface area contributed by atoms with E-state index in [1.54, 1.807) is 10.9 Å². The van der Waals surface area contributed by atoms with Crippen LogP contribution in [-0.2, 0) is 18.4 Å². The fourth-order valence-electron chi connectivity index (χ4n) is 1.99. The van der Waals surface area contributed by atoms with Crippen LogP contribution < -0.4 is 5.43 Å². The Morgan fingerprint density at radius 3 is 2.78 bits per heavy atom. The summed E-state index contributed by atoms with van der Waals surface area (Å²) in [4.78, 5) is 21.6. The summed E-state index contributed by atoms with van der Waals surface area (Å²) in [6.45, 7) is 4.01. The molecule has 122 valence electrons. The molecular weight excluding hydrogens is 302 g/mol. The number of nitrogens with zero attached hydrogens (tertiary/aromatic N) is 6. The maximum atomic E-state index is 11.7. The van der Waals surface area contributed by atoms with Crippen LogP contribution in [0.5, 0.6) is 0 Å². The minimum atomic E-state index is -0.584. The van der Waals surface area contributed by atoms with Gasteiger partial charge in [-0.05, 0) is 18.8 Å². The van der Waals surface area contributed by atoms with Crippen molar-refractivity contribution >= 4 is 17.9 Å². The van der Waals surface area contributed by atoms with Gasteiger partial charge in [-0.3, -0.25) is 9.48 Å². The van der Waals surface area contributed by atoms with E-state index in [-0.39, 0.29) is 24.7 Å². The van der Waals surface area contributed by atoms with Gasteiger partial charge in [-0.1, -0.05) is 0 Å². The van der Waals surface area contributed by atoms with Crippen molar-refractivity contribution in [3.8, 4) is 0 Å². The van der Waals surface area contributed by atoms with E-state index in [9.17, 15) is 14.9 Å². The molecule has 0 aromatic carbocycles. The number of hydrazone groups is 1. The molecule has 0 aliphatic rings. The smallest absolute Gasteiger partial charge is 0.358 e. The fraction of sp³-hybridized carbons (Fsp3) is 0.385. The van der Waals surface area contributed by atoms with Crippen molar-refractivity contribution in [2.75, 3.05) is 0 Å². The standard InChI is InChI=1S/C13H17N7O3/c1-9-11(10(2)18(3)16-9)8-14-15-13(21)5-7-19-6-4-12(17-19)20(22)23/h4,6,8H,5,7H2,1-3H3,(H,15,21). The molecule has 1 amide bonds. The van der Waals surface area contributed by atoms with E-state index < -0.39 is 4.92 Å². The van der Waals surface area contributed by atoms with Gasteiger partial charge < -0.3 is 10.1 Å². The Hall–Kier alpha value is -3.04. The van der Waals surface area contributed by atoms with Crippen LogP contribution in [0, 0.1) is 24.0 Å². The SMILES string of the molecule is Cc1nn(C)c(C)c1C=NNC(=O)CCn1ccc([N+](=O)[O-])n1. The summed E-state index contributed by atoms with van der Waals surface area (Å²) in [7, 11) is 1.83. The molecule has 0 saturated carbocycles. The molecule has 0 fully saturated rings. The average Bonchev–Trinajstić information content (AvgIpc) is 3.05. The van der Waals surface area contributed by atoms with E-state index in [4.69, 9.17) is 0 Å². The van der Waals surface area contributed by atoms with Gasteiger partial charge in [-0.25, -0.2) is 5.43 Å². The maximum Gasteiger partial charge on any atom is 0.389 e. The Kier molecular flexibility index (Phi) is 4.84. The van der Waals surface area contributed by atoms with E-state index in [2.05, 4.69) is 20.7 Å². The second-order valence-electron chi connectivity index (χ2n) is 4.95. The minimum Gasteiger partial charge on any atom is -0.358 e. The van der Waals surface area contributed by atoms with Gasteiger partial charge in [0.1, 0.15) is 0 Å². The Labute approximate surface area is 131 Å². The van der Waals surface area contributed by atoms with Gasteiger partial charge in [-0.2, -0.15) is 14.9 Å². The van der Waals surface area contributed by atoms with Crippen molar-refractivity contribution in [3.63, 3.8) is 0 Å². The van der Waals surface area contributed by atoms with Gasteiger partial charge in [0, 0.05) is 24.7 Å². The van der Waals surface area contributed by atoms with Crippen LogP contribution in [0.1, 0.15) is 23.4 Å². The van der Waals surface area contributed by atoms with Gasteiger partial charge in [0.15, 0.2) is 0 Å². The molecule has 2 aromatic rings. The molecule has 0 unspecified atom stereocenters. The summed E-state index contributed by atoms with van der Waals surface area (Å²) in [5.41, 5.74) is 5.04. The van der Waals surface area contributed by atoms with Crippen LogP contribution in [-0.4, -0.2) is 36.6 Å². The van der Waals surface area contributed by atoms with Crippen LogP contribution in [0.2, 0.25) is 0 Å². The third-order valence-corrected chi connectivity index (χ3v) is 3.33. The molecule has 2 rings (SSSR count). The zero-order valence-electron chi connectivity index (χ0n) is 13.1. The molecule has 10 nitrogen and oxygen atoms in total. The number of rotatable bonds is 6. The summed E-state index contributed by atoms with van der Waals surface area (Å²) < 4.78 is 3.08. The molecule has 0 atom stereocenters. The molecule has 2 heterocycles. The number of aromatic nitrogens is 4. The first-order valence-electron chi connectivity index (χ1n) is 6.88. The van der Waals surface area contributed by atoms with Crippen molar-refractivity contribution in [1.29, 1.82) is 0 Å². The molecular formula is C13H17N7O3. The summed E-state index contributed by atoms with van der Waals surface area (Å²) >= 11 is 0. The maximum absolute atomic E-state index is 11.7. The van der Waals surface area contributed by atoms with Gasteiger partial charge in [0.2, 0.25) is 5.91 Å². The Morgan fingerprint density at radius 2 is 2.22 bits per heavy atom. The number of carbonyl (C=O) groups excluding carboxylic acids is 1. The number of aryl methyl sites for hydroxylation is 3. The Bertz CT molecular complexity index is 760. The summed E-state index contributed by atoms with van der Waals surface area (Å²) in [5.74, 6) is -0.551. The zero-order valence-corrected chi connectivity index (χ0v) is 13.1. The van der Waals surface area contributed by atoms with E-state index in [0.29, 0.717) is 0 Å². The molecule has 0 aliphatic carbocycles. The number of hydrogen-bond acceptors (Lipinski definition) is 6. The number of nitrogens with one attached hydrogen (secondary N) is 1. The van der Waals surface area contributed by atoms with Crippen molar-refractivity contribution in [1.82, 2.24) is 25.0 Å². The van der Waals surface area contributed by atoms with E-state index >= 15 is 0 Å². The lowest BCUT2D eigenvalue weighted by atomic mass is 10.2. The predicted octanol–water partition coefficient (Wildman–Crippen LogP) is 0.682. The third kappa shape index (κ3) is 3.99. The van der Waals surface area contributed by atoms with Crippen LogP contribution >= 0.6 is 0 Å². The lowest BCUT2D eigenvalue weighted by Crippen LogP contribution is -2.19. The third-order valence-electron chi connectivity index (χ3n) is 3.33. The lowest BCUT2D eigenvalue weighted by molar-refractivity contribution is -0.389. The molecule has 0 spiro atoms. The topological polar surface area (TPSA) is 120 Å². The highest BCUT2D eigenvalue weighted by Gasteiger charge is 2.11. The molecule has 2 aromatic heterocycles. The van der Waals surface area contributed by atoms with E-state index in [1.807, 2.05) is 20.9 Å². The van der Waals surface area contributed by atoms with E-state index in [1.165, 1.54) is 16.9 Å². The van der Waals surface area contributed by atoms with Crippen molar-refractivity contribution < 1.29 is 9.72 Å². The molecule has 0 saturated heterocycles. The summed E-state index contributed by atoms with van der Waals surface area (Å²) in [5, 5.41) is 22.4. The molecule has 23 heavy (non-hydrogen) atoms. The quantitative estimate of drug-likeness (QED) is 0.477. The number of nitro groups is 1. The highest BCUT2D eigenvalue weighted by Crippen LogP contribution is 2.08. The van der Waals surface area contributed by atoms with Crippen LogP contribution in [0.3, 0.4) is 0 Å². The number of hydrogen-bond donors (Lipinski definition) is 1. The normalized spacial score (nSPS) is 11.1. The van der Waals surface area contributed by atoms with Gasteiger partial charge in [-0.15, -0.1) is 0 Å². The largest absolute Gasteiger partial charge is 0.389 e. The fourth-order valence-corrected chi connectivity index (χ4v) is 1.99. The second kappa shape index (κ2) is 6.81. The van der Waals surface area contributed by atoms with Crippen molar-refractivity contribution in [3.05, 3.63) is 39.3 Å². The van der Waals surface area contributed by atoms with E-state index in [0.717, 1.165) is 17.0 Å². The molecule has 10 heteroatoms. The zero-order chi connectivity index (χ0) is 17.0. The number of amides is 1. The first-order chi connectivity index (χ1) is 10.9. The monoisotopic (exact) mass is 319 g/mol. The molecule has 0 radical (unpaired) electrons. The number of carbonyl (C=O) groups is 1. The first-order valence-corrected chi connectivity index (χ1v) is 6.88. The van der Waals surface area contributed by atoms with Crippen molar-refractivity contribution in [2.45, 2.75) is 26.8 Å². The predicted molar refractivity (Wildman–Crippen MR) is 81.9 cm³/mol. The van der Waals surface area contributed by atoms with Crippen LogP contribution in [0.4, 0.5) is 5.82 Å².